The lowest BCUT2D eigenvalue weighted by molar-refractivity contribution is -0.120. The van der Waals surface area contributed by atoms with E-state index < -0.39 is 4.65 Å². The normalized spacial score (nSPS) is 17.2. The minimum Gasteiger partial charge on any atom is -0.493 e. The van der Waals surface area contributed by atoms with Crippen molar-refractivity contribution in [3.63, 3.8) is 0 Å². The molecule has 180 valence electrons. The first kappa shape index (κ1) is 24.7. The van der Waals surface area contributed by atoms with Crippen LogP contribution in [-0.2, 0) is 15.9 Å². The Labute approximate surface area is 210 Å². The largest absolute Gasteiger partial charge is 0.493 e. The summed E-state index contributed by atoms with van der Waals surface area (Å²) in [5.41, 5.74) is 1.85. The van der Waals surface area contributed by atoms with E-state index in [0.717, 1.165) is 53.0 Å². The van der Waals surface area contributed by atoms with Gasteiger partial charge in [-0.05, 0) is 60.0 Å². The van der Waals surface area contributed by atoms with Gasteiger partial charge in [0.2, 0.25) is 5.91 Å². The highest BCUT2D eigenvalue weighted by Gasteiger charge is 2.45. The van der Waals surface area contributed by atoms with E-state index in [1.54, 1.807) is 7.85 Å². The summed E-state index contributed by atoms with van der Waals surface area (Å²) in [6, 6.07) is 23.0. The van der Waals surface area contributed by atoms with Crippen LogP contribution in [0, 0.1) is 0 Å². The van der Waals surface area contributed by atoms with E-state index >= 15 is 0 Å². The maximum Gasteiger partial charge on any atom is 0.286 e. The van der Waals surface area contributed by atoms with Gasteiger partial charge in [-0.3, -0.25) is 14.9 Å². The van der Waals surface area contributed by atoms with Crippen LogP contribution in [0.1, 0.15) is 30.9 Å². The highest BCUT2D eigenvalue weighted by molar-refractivity contribution is 8.16. The molecule has 0 spiro atoms. The SMILES string of the molecule is BC1(c2cccc(OCCCOc3ccc(Oc4ccccc4)cc3CCC)c2)SC(=O)NC1=O. The summed E-state index contributed by atoms with van der Waals surface area (Å²) in [7, 11) is 1.74. The smallest absolute Gasteiger partial charge is 0.286 e. The third kappa shape index (κ3) is 6.19. The van der Waals surface area contributed by atoms with Gasteiger partial charge in [-0.25, -0.2) is 0 Å². The number of para-hydroxylation sites is 1. The molecule has 1 fully saturated rings. The first-order valence-electron chi connectivity index (χ1n) is 11.7. The molecule has 0 bridgehead atoms. The second kappa shape index (κ2) is 11.4. The number of hydrogen-bond acceptors (Lipinski definition) is 6. The lowest BCUT2D eigenvalue weighted by atomic mass is 9.79. The van der Waals surface area contributed by atoms with Crippen LogP contribution >= 0.6 is 11.8 Å². The van der Waals surface area contributed by atoms with Crippen molar-refractivity contribution >= 4 is 30.8 Å². The molecule has 1 unspecified atom stereocenters. The number of carbonyl (C=O) groups is 2. The van der Waals surface area contributed by atoms with Crippen molar-refractivity contribution in [2.24, 2.45) is 0 Å². The van der Waals surface area contributed by atoms with Crippen molar-refractivity contribution in [3.8, 4) is 23.0 Å². The second-order valence-electron chi connectivity index (χ2n) is 8.39. The van der Waals surface area contributed by atoms with E-state index in [4.69, 9.17) is 14.2 Å². The molecular formula is C27H28BNO5S. The zero-order valence-corrected chi connectivity index (χ0v) is 20.7. The number of imide groups is 1. The Morgan fingerprint density at radius 2 is 1.66 bits per heavy atom. The predicted octanol–water partition coefficient (Wildman–Crippen LogP) is 5.05. The fourth-order valence-corrected chi connectivity index (χ4v) is 4.73. The van der Waals surface area contributed by atoms with Crippen molar-refractivity contribution < 1.29 is 23.8 Å². The topological polar surface area (TPSA) is 73.9 Å². The van der Waals surface area contributed by atoms with Gasteiger partial charge in [-0.2, -0.15) is 0 Å². The van der Waals surface area contributed by atoms with Crippen LogP contribution in [0.3, 0.4) is 0 Å². The van der Waals surface area contributed by atoms with Crippen LogP contribution in [0.15, 0.2) is 72.8 Å². The number of ether oxygens (including phenoxy) is 3. The van der Waals surface area contributed by atoms with Gasteiger partial charge in [-0.1, -0.05) is 55.4 Å². The summed E-state index contributed by atoms with van der Waals surface area (Å²) in [4.78, 5) is 23.9. The quantitative estimate of drug-likeness (QED) is 0.300. The van der Waals surface area contributed by atoms with Crippen molar-refractivity contribution in [2.45, 2.75) is 30.8 Å². The first-order chi connectivity index (χ1) is 17.0. The average Bonchev–Trinajstić information content (AvgIpc) is 3.13. The van der Waals surface area contributed by atoms with Gasteiger partial charge in [0.1, 0.15) is 30.8 Å². The van der Waals surface area contributed by atoms with E-state index in [0.29, 0.717) is 25.4 Å². The third-order valence-corrected chi connectivity index (χ3v) is 6.79. The van der Waals surface area contributed by atoms with E-state index in [1.807, 2.05) is 72.8 Å². The highest BCUT2D eigenvalue weighted by atomic mass is 32.2. The molecule has 8 heteroatoms. The lowest BCUT2D eigenvalue weighted by Gasteiger charge is -2.20. The van der Waals surface area contributed by atoms with Gasteiger partial charge in [0.05, 0.1) is 17.9 Å². The maximum absolute atomic E-state index is 12.2. The van der Waals surface area contributed by atoms with Crippen LogP contribution in [0.5, 0.6) is 23.0 Å². The molecule has 35 heavy (non-hydrogen) atoms. The minimum atomic E-state index is -0.939. The Hall–Kier alpha value is -3.39. The number of hydrogen-bond donors (Lipinski definition) is 1. The van der Waals surface area contributed by atoms with Gasteiger partial charge in [0.15, 0.2) is 0 Å². The van der Waals surface area contributed by atoms with Gasteiger partial charge in [0.25, 0.3) is 5.24 Å². The number of nitrogens with one attached hydrogen (secondary N) is 1. The van der Waals surface area contributed by atoms with Gasteiger partial charge in [0, 0.05) is 6.42 Å². The first-order valence-corrected chi connectivity index (χ1v) is 12.6. The number of rotatable bonds is 11. The summed E-state index contributed by atoms with van der Waals surface area (Å²) in [6.45, 7) is 3.12. The molecule has 0 saturated carbocycles. The fraction of sp³-hybridized carbons (Fsp3) is 0.259. The summed E-state index contributed by atoms with van der Waals surface area (Å²) in [6.07, 6.45) is 2.60. The highest BCUT2D eigenvalue weighted by Crippen LogP contribution is 2.39. The molecule has 1 N–H and O–H groups in total. The molecule has 0 radical (unpaired) electrons. The minimum absolute atomic E-state index is 0.305. The summed E-state index contributed by atoms with van der Waals surface area (Å²) in [5, 5.41) is 2.02. The zero-order valence-electron chi connectivity index (χ0n) is 19.9. The molecule has 4 rings (SSSR count). The third-order valence-electron chi connectivity index (χ3n) is 5.68. The number of thioether (sulfide) groups is 1. The van der Waals surface area contributed by atoms with Crippen molar-refractivity contribution in [3.05, 3.63) is 83.9 Å². The van der Waals surface area contributed by atoms with Crippen LogP contribution in [0.25, 0.3) is 0 Å². The van der Waals surface area contributed by atoms with Gasteiger partial charge in [-0.15, -0.1) is 0 Å². The molecule has 1 heterocycles. The Morgan fingerprint density at radius 1 is 0.886 bits per heavy atom. The molecule has 1 aliphatic rings. The maximum atomic E-state index is 12.2. The monoisotopic (exact) mass is 489 g/mol. The molecule has 2 amide bonds. The molecular weight excluding hydrogens is 461 g/mol. The zero-order chi connectivity index (χ0) is 24.7. The summed E-state index contributed by atoms with van der Waals surface area (Å²) < 4.78 is 17.0. The van der Waals surface area contributed by atoms with Crippen LogP contribution in [0.2, 0.25) is 0 Å². The predicted molar refractivity (Wildman–Crippen MR) is 140 cm³/mol. The Morgan fingerprint density at radius 3 is 2.40 bits per heavy atom. The van der Waals surface area contributed by atoms with Gasteiger partial charge >= 0.3 is 0 Å². The number of aryl methyl sites for hydroxylation is 1. The molecule has 6 nitrogen and oxygen atoms in total. The molecule has 1 aliphatic heterocycles. The summed E-state index contributed by atoms with van der Waals surface area (Å²) in [5.74, 6) is 2.81. The van der Waals surface area contributed by atoms with Crippen LogP contribution in [-0.4, -0.2) is 32.2 Å². The Bertz CT molecular complexity index is 1190. The van der Waals surface area contributed by atoms with E-state index in [2.05, 4.69) is 12.2 Å². The van der Waals surface area contributed by atoms with Crippen LogP contribution in [0.4, 0.5) is 4.79 Å². The average molecular weight is 489 g/mol. The molecule has 3 aromatic rings. The molecule has 1 saturated heterocycles. The number of amides is 2. The van der Waals surface area contributed by atoms with Crippen molar-refractivity contribution in [1.29, 1.82) is 0 Å². The van der Waals surface area contributed by atoms with Gasteiger partial charge < -0.3 is 14.2 Å². The lowest BCUT2D eigenvalue weighted by Crippen LogP contribution is -2.34. The molecule has 0 aromatic heterocycles. The number of benzene rings is 3. The van der Waals surface area contributed by atoms with Crippen LogP contribution < -0.4 is 19.5 Å². The Balaban J connectivity index is 1.30. The molecule has 3 aromatic carbocycles. The van der Waals surface area contributed by atoms with E-state index in [-0.39, 0.29) is 11.1 Å². The molecule has 1 atom stereocenters. The standard InChI is InChI=1S/C27H28BNO5S/c1-2-8-19-17-23(34-21-10-4-3-5-11-21)13-14-24(19)33-16-7-15-32-22-12-6-9-20(18-22)27(28)25(30)29-26(31)35-27/h3-6,9-14,17-18H,2,7-8,15-16,28H2,1H3,(H,29,30,31). The summed E-state index contributed by atoms with van der Waals surface area (Å²) >= 11 is 0.990. The van der Waals surface area contributed by atoms with Crippen molar-refractivity contribution in [2.75, 3.05) is 13.2 Å². The fourth-order valence-electron chi connectivity index (χ4n) is 3.82. The van der Waals surface area contributed by atoms with E-state index in [9.17, 15) is 9.59 Å². The molecule has 0 aliphatic carbocycles. The Kier molecular flexibility index (Phi) is 8.03. The van der Waals surface area contributed by atoms with Crippen molar-refractivity contribution in [1.82, 2.24) is 5.32 Å². The second-order valence-corrected chi connectivity index (χ2v) is 9.78. The number of carbonyl (C=O) groups excluding carboxylic acids is 2. The van der Waals surface area contributed by atoms with E-state index in [1.165, 1.54) is 0 Å².